The van der Waals surface area contributed by atoms with E-state index in [-0.39, 0.29) is 25.0 Å². The van der Waals surface area contributed by atoms with E-state index < -0.39 is 24.2 Å². The van der Waals surface area contributed by atoms with Crippen molar-refractivity contribution in [1.29, 1.82) is 0 Å². The average molecular weight is 467 g/mol. The maximum absolute atomic E-state index is 13.1. The van der Waals surface area contributed by atoms with Crippen LogP contribution < -0.4 is 14.8 Å². The quantitative estimate of drug-likeness (QED) is 0.543. The molecule has 8 nitrogen and oxygen atoms in total. The van der Waals surface area contributed by atoms with E-state index in [9.17, 15) is 19.8 Å². The van der Waals surface area contributed by atoms with Crippen LogP contribution in [-0.4, -0.2) is 72.0 Å². The molecule has 0 aromatic heterocycles. The number of nitrogens with zero attached hydrogens (tertiary/aromatic N) is 1. The van der Waals surface area contributed by atoms with Crippen molar-refractivity contribution < 1.29 is 29.3 Å². The molecule has 0 saturated heterocycles. The molecule has 0 spiro atoms. The molecule has 0 saturated carbocycles. The fourth-order valence-electron chi connectivity index (χ4n) is 4.86. The first-order valence-corrected chi connectivity index (χ1v) is 11.4. The van der Waals surface area contributed by atoms with Crippen LogP contribution >= 0.6 is 0 Å². The molecule has 1 aliphatic heterocycles. The predicted octanol–water partition coefficient (Wildman–Crippen LogP) is 1.41. The summed E-state index contributed by atoms with van der Waals surface area (Å²) in [5.41, 5.74) is 2.18. The second kappa shape index (κ2) is 10.3. The molecule has 180 valence electrons. The van der Waals surface area contributed by atoms with Gasteiger partial charge in [-0.25, -0.2) is 0 Å². The highest BCUT2D eigenvalue weighted by molar-refractivity contribution is 5.96. The first-order valence-electron chi connectivity index (χ1n) is 11.4. The number of hydrogen-bond acceptors (Lipinski definition) is 6. The van der Waals surface area contributed by atoms with Crippen molar-refractivity contribution in [3.63, 3.8) is 0 Å². The Morgan fingerprint density at radius 3 is 2.62 bits per heavy atom. The Balaban J connectivity index is 1.67. The van der Waals surface area contributed by atoms with E-state index in [2.05, 4.69) is 5.32 Å². The molecule has 2 aromatic rings. The molecule has 4 atom stereocenters. The molecule has 2 aromatic carbocycles. The zero-order valence-electron chi connectivity index (χ0n) is 19.3. The smallest absolute Gasteiger partial charge is 0.247 e. The van der Waals surface area contributed by atoms with Crippen LogP contribution in [0.25, 0.3) is 0 Å². The van der Waals surface area contributed by atoms with Gasteiger partial charge in [0, 0.05) is 31.1 Å². The second-order valence-electron chi connectivity index (χ2n) is 8.45. The highest BCUT2D eigenvalue weighted by Crippen LogP contribution is 2.47. The summed E-state index contributed by atoms with van der Waals surface area (Å²) in [7, 11) is 1.60. The number of fused-ring (bicyclic) bond motifs is 3. The number of para-hydroxylation sites is 2. The van der Waals surface area contributed by atoms with Crippen LogP contribution in [0.1, 0.15) is 24.0 Å². The largest absolute Gasteiger partial charge is 0.496 e. The summed E-state index contributed by atoms with van der Waals surface area (Å²) in [6.45, 7) is 1.69. The van der Waals surface area contributed by atoms with E-state index in [1.165, 1.54) is 6.92 Å². The minimum absolute atomic E-state index is 0.105. The zero-order valence-corrected chi connectivity index (χ0v) is 19.3. The summed E-state index contributed by atoms with van der Waals surface area (Å²) in [6.07, 6.45) is 0.443. The summed E-state index contributed by atoms with van der Waals surface area (Å²) in [6, 6.07) is 14.2. The minimum atomic E-state index is -1.03. The van der Waals surface area contributed by atoms with Gasteiger partial charge in [-0.2, -0.15) is 0 Å². The SMILES string of the molecule is COc1ccccc1CCN(C(C)=O)[C@@H]1C=C(C(=O)NCCO)[C@@H]2c3ccccc3O[C@@H]2[C@H]1O. The Hall–Kier alpha value is -3.36. The van der Waals surface area contributed by atoms with E-state index in [0.717, 1.165) is 16.9 Å². The first kappa shape index (κ1) is 23.8. The summed E-state index contributed by atoms with van der Waals surface area (Å²) in [5, 5.41) is 23.2. The Morgan fingerprint density at radius 2 is 1.88 bits per heavy atom. The number of methoxy groups -OCH3 is 1. The Bertz CT molecular complexity index is 1080. The predicted molar refractivity (Wildman–Crippen MR) is 126 cm³/mol. The molecule has 8 heteroatoms. The maximum atomic E-state index is 13.1. The maximum Gasteiger partial charge on any atom is 0.247 e. The zero-order chi connectivity index (χ0) is 24.2. The van der Waals surface area contributed by atoms with Gasteiger partial charge in [0.1, 0.15) is 23.7 Å². The van der Waals surface area contributed by atoms with Crippen molar-refractivity contribution in [3.8, 4) is 11.5 Å². The molecule has 3 N–H and O–H groups in total. The van der Waals surface area contributed by atoms with E-state index >= 15 is 0 Å². The molecule has 2 aliphatic rings. The Labute approximate surface area is 198 Å². The van der Waals surface area contributed by atoms with Crippen molar-refractivity contribution in [3.05, 3.63) is 71.3 Å². The standard InChI is InChI=1S/C26H30N2O6/c1-16(30)28(13-11-17-7-3-5-9-21(17)33-2)20-15-19(26(32)27-12-14-29)23-18-8-4-6-10-22(18)34-25(23)24(20)31/h3-10,15,20,23-25,29,31H,11-14H2,1-2H3,(H,27,32)/t20-,23+,24+,25+/m1/s1. The second-order valence-corrected chi connectivity index (χ2v) is 8.45. The molecule has 1 aliphatic carbocycles. The van der Waals surface area contributed by atoms with E-state index in [1.54, 1.807) is 18.1 Å². The number of rotatable bonds is 8. The number of ether oxygens (including phenoxy) is 2. The number of aliphatic hydroxyl groups is 2. The molecule has 4 rings (SSSR count). The summed E-state index contributed by atoms with van der Waals surface area (Å²) in [5.74, 6) is 0.295. The van der Waals surface area contributed by atoms with Crippen LogP contribution in [-0.2, 0) is 16.0 Å². The summed E-state index contributed by atoms with van der Waals surface area (Å²) in [4.78, 5) is 27.3. The number of benzene rings is 2. The number of amides is 2. The van der Waals surface area contributed by atoms with Crippen LogP contribution in [0.2, 0.25) is 0 Å². The summed E-state index contributed by atoms with van der Waals surface area (Å²) < 4.78 is 11.5. The molecule has 0 fully saturated rings. The molecule has 0 radical (unpaired) electrons. The van der Waals surface area contributed by atoms with Crippen LogP contribution in [0.3, 0.4) is 0 Å². The van der Waals surface area contributed by atoms with Gasteiger partial charge in [0.25, 0.3) is 0 Å². The van der Waals surface area contributed by atoms with Crippen LogP contribution in [0.4, 0.5) is 0 Å². The third kappa shape index (κ3) is 4.51. The van der Waals surface area contributed by atoms with E-state index in [0.29, 0.717) is 24.3 Å². The normalized spacial score (nSPS) is 22.6. The van der Waals surface area contributed by atoms with Gasteiger partial charge in [0.2, 0.25) is 11.8 Å². The third-order valence-corrected chi connectivity index (χ3v) is 6.46. The van der Waals surface area contributed by atoms with Gasteiger partial charge < -0.3 is 29.9 Å². The van der Waals surface area contributed by atoms with Gasteiger partial charge in [-0.15, -0.1) is 0 Å². The number of carbonyl (C=O) groups is 2. The monoisotopic (exact) mass is 466 g/mol. The lowest BCUT2D eigenvalue weighted by atomic mass is 9.77. The van der Waals surface area contributed by atoms with Crippen LogP contribution in [0.15, 0.2) is 60.2 Å². The Morgan fingerprint density at radius 1 is 1.15 bits per heavy atom. The minimum Gasteiger partial charge on any atom is -0.496 e. The van der Waals surface area contributed by atoms with Gasteiger partial charge >= 0.3 is 0 Å². The van der Waals surface area contributed by atoms with E-state index in [1.807, 2.05) is 48.5 Å². The van der Waals surface area contributed by atoms with Gasteiger partial charge in [-0.1, -0.05) is 36.4 Å². The first-order chi connectivity index (χ1) is 16.5. The Kier molecular flexibility index (Phi) is 7.19. The number of nitrogens with one attached hydrogen (secondary N) is 1. The van der Waals surface area contributed by atoms with E-state index in [4.69, 9.17) is 9.47 Å². The van der Waals surface area contributed by atoms with Crippen molar-refractivity contribution in [2.45, 2.75) is 37.5 Å². The summed E-state index contributed by atoms with van der Waals surface area (Å²) >= 11 is 0. The fraction of sp³-hybridized carbons (Fsp3) is 0.385. The van der Waals surface area contributed by atoms with Crippen molar-refractivity contribution in [2.75, 3.05) is 26.8 Å². The van der Waals surface area contributed by atoms with Crippen molar-refractivity contribution >= 4 is 11.8 Å². The molecule has 1 heterocycles. The van der Waals surface area contributed by atoms with Gasteiger partial charge in [0.15, 0.2) is 0 Å². The van der Waals surface area contributed by atoms with Crippen molar-refractivity contribution in [2.24, 2.45) is 0 Å². The molecular formula is C26H30N2O6. The molecule has 0 unspecified atom stereocenters. The molecule has 34 heavy (non-hydrogen) atoms. The topological polar surface area (TPSA) is 108 Å². The van der Waals surface area contributed by atoms with Gasteiger partial charge in [-0.05, 0) is 30.2 Å². The number of aliphatic hydroxyl groups excluding tert-OH is 2. The molecule has 2 amide bonds. The molecular weight excluding hydrogens is 436 g/mol. The lowest BCUT2D eigenvalue weighted by molar-refractivity contribution is -0.134. The lowest BCUT2D eigenvalue weighted by Gasteiger charge is -2.40. The van der Waals surface area contributed by atoms with Gasteiger partial charge in [-0.3, -0.25) is 9.59 Å². The lowest BCUT2D eigenvalue weighted by Crippen LogP contribution is -2.55. The van der Waals surface area contributed by atoms with Crippen LogP contribution in [0, 0.1) is 0 Å². The van der Waals surface area contributed by atoms with Crippen molar-refractivity contribution in [1.82, 2.24) is 10.2 Å². The van der Waals surface area contributed by atoms with Crippen LogP contribution in [0.5, 0.6) is 11.5 Å². The highest BCUT2D eigenvalue weighted by Gasteiger charge is 2.50. The average Bonchev–Trinajstić information content (AvgIpc) is 3.24. The molecule has 0 bridgehead atoms. The van der Waals surface area contributed by atoms with Gasteiger partial charge in [0.05, 0.1) is 25.7 Å². The fourth-order valence-corrected chi connectivity index (χ4v) is 4.86. The number of hydrogen-bond donors (Lipinski definition) is 3. The highest BCUT2D eigenvalue weighted by atomic mass is 16.5. The number of carbonyl (C=O) groups excluding carboxylic acids is 2. The third-order valence-electron chi connectivity index (χ3n) is 6.46.